The lowest BCUT2D eigenvalue weighted by Crippen LogP contribution is -1.80. The molecule has 0 aliphatic heterocycles. The van der Waals surface area contributed by atoms with Crippen molar-refractivity contribution in [1.29, 1.82) is 0 Å². The maximum Gasteiger partial charge on any atom is 0.181 e. The highest BCUT2D eigenvalue weighted by atomic mass is 32.1. The Kier molecular flexibility index (Phi) is 2.22. The summed E-state index contributed by atoms with van der Waals surface area (Å²) < 4.78 is 6.03. The van der Waals surface area contributed by atoms with Crippen LogP contribution in [0.2, 0.25) is 0 Å². The van der Waals surface area contributed by atoms with Crippen molar-refractivity contribution in [3.05, 3.63) is 28.6 Å². The third-order valence-electron chi connectivity index (χ3n) is 1.71. The average molecular weight is 206 g/mol. The highest BCUT2D eigenvalue weighted by Gasteiger charge is 2.02. The molecular weight excluding hydrogens is 200 g/mol. The molecule has 6 heteroatoms. The number of benzene rings is 1. The van der Waals surface area contributed by atoms with Gasteiger partial charge in [-0.2, -0.15) is 0 Å². The molecule has 14 heavy (non-hydrogen) atoms. The van der Waals surface area contributed by atoms with Crippen LogP contribution in [-0.2, 0) is 0 Å². The zero-order valence-electron chi connectivity index (χ0n) is 7.34. The highest BCUT2D eigenvalue weighted by molar-refractivity contribution is 7.21. The van der Waals surface area contributed by atoms with E-state index in [1.54, 1.807) is 7.11 Å². The van der Waals surface area contributed by atoms with Crippen molar-refractivity contribution < 1.29 is 4.74 Å². The van der Waals surface area contributed by atoms with Gasteiger partial charge in [0.05, 0.1) is 17.3 Å². The van der Waals surface area contributed by atoms with Crippen LogP contribution in [0.1, 0.15) is 0 Å². The van der Waals surface area contributed by atoms with E-state index in [0.29, 0.717) is 5.13 Å². The normalized spacial score (nSPS) is 9.79. The van der Waals surface area contributed by atoms with Gasteiger partial charge in [0.25, 0.3) is 0 Å². The second kappa shape index (κ2) is 3.53. The molecule has 0 bridgehead atoms. The summed E-state index contributed by atoms with van der Waals surface area (Å²) in [6.45, 7) is 0. The summed E-state index contributed by atoms with van der Waals surface area (Å²) in [5.74, 6) is 0.746. The lowest BCUT2D eigenvalue weighted by molar-refractivity contribution is 0.415. The molecule has 0 saturated carbocycles. The number of fused-ring (bicyclic) bond motifs is 1. The largest absolute Gasteiger partial charge is 0.497 e. The van der Waals surface area contributed by atoms with Gasteiger partial charge in [-0.3, -0.25) is 0 Å². The van der Waals surface area contributed by atoms with Crippen LogP contribution in [0.3, 0.4) is 0 Å². The lowest BCUT2D eigenvalue weighted by Gasteiger charge is -1.96. The fraction of sp³-hybridized carbons (Fsp3) is 0.125. The molecule has 0 spiro atoms. The topological polar surface area (TPSA) is 70.9 Å². The predicted molar refractivity (Wildman–Crippen MR) is 55.0 cm³/mol. The minimum Gasteiger partial charge on any atom is -0.497 e. The molecule has 0 fully saturated rings. The first-order valence-corrected chi connectivity index (χ1v) is 4.65. The van der Waals surface area contributed by atoms with Gasteiger partial charge in [-0.15, -0.1) is 11.3 Å². The standard InChI is InChI=1S/C8H6N4OS/c1-13-5-2-3-7-6(4-5)10-8(14-7)11-12-9/h2-4H,1H3. The fourth-order valence-electron chi connectivity index (χ4n) is 1.10. The zero-order chi connectivity index (χ0) is 9.97. The van der Waals surface area contributed by atoms with Gasteiger partial charge in [-0.05, 0) is 22.8 Å². The second-order valence-electron chi connectivity index (χ2n) is 2.52. The number of hydrogen-bond acceptors (Lipinski definition) is 4. The smallest absolute Gasteiger partial charge is 0.181 e. The Morgan fingerprint density at radius 2 is 2.43 bits per heavy atom. The Bertz CT molecular complexity index is 515. The first-order valence-electron chi connectivity index (χ1n) is 3.83. The van der Waals surface area contributed by atoms with Crippen LogP contribution in [0.25, 0.3) is 20.7 Å². The molecule has 5 nitrogen and oxygen atoms in total. The van der Waals surface area contributed by atoms with E-state index in [2.05, 4.69) is 15.0 Å². The summed E-state index contributed by atoms with van der Waals surface area (Å²) in [6.07, 6.45) is 0. The molecule has 0 aliphatic rings. The van der Waals surface area contributed by atoms with E-state index in [9.17, 15) is 0 Å². The number of hydrogen-bond donors (Lipinski definition) is 0. The highest BCUT2D eigenvalue weighted by Crippen LogP contribution is 2.30. The lowest BCUT2D eigenvalue weighted by atomic mass is 10.3. The number of aromatic nitrogens is 1. The van der Waals surface area contributed by atoms with Crippen molar-refractivity contribution in [2.45, 2.75) is 0 Å². The molecule has 1 aromatic carbocycles. The first kappa shape index (κ1) is 8.80. The van der Waals surface area contributed by atoms with Crippen LogP contribution in [0.15, 0.2) is 23.3 Å². The molecule has 0 saturated heterocycles. The van der Waals surface area contributed by atoms with Crippen LogP contribution in [0.5, 0.6) is 5.75 Å². The Hall–Kier alpha value is -1.78. The average Bonchev–Trinajstić information content (AvgIpc) is 2.59. The zero-order valence-corrected chi connectivity index (χ0v) is 8.15. The molecule has 1 heterocycles. The summed E-state index contributed by atoms with van der Waals surface area (Å²) in [7, 11) is 1.60. The van der Waals surface area contributed by atoms with Crippen LogP contribution in [0.4, 0.5) is 5.13 Å². The van der Waals surface area contributed by atoms with E-state index in [-0.39, 0.29) is 0 Å². The molecule has 2 rings (SSSR count). The van der Waals surface area contributed by atoms with E-state index in [4.69, 9.17) is 10.3 Å². The number of ether oxygens (including phenoxy) is 1. The molecule has 1 aromatic heterocycles. The molecule has 2 aromatic rings. The van der Waals surface area contributed by atoms with Gasteiger partial charge in [0.15, 0.2) is 5.13 Å². The molecule has 0 amide bonds. The maximum atomic E-state index is 8.25. The number of nitrogens with zero attached hydrogens (tertiary/aromatic N) is 4. The minimum atomic E-state index is 0.427. The van der Waals surface area contributed by atoms with Crippen molar-refractivity contribution in [2.24, 2.45) is 5.11 Å². The van der Waals surface area contributed by atoms with Gasteiger partial charge in [0, 0.05) is 11.0 Å². The number of thiazole rings is 1. The van der Waals surface area contributed by atoms with Crippen LogP contribution in [-0.4, -0.2) is 12.1 Å². The Balaban J connectivity index is 2.59. The van der Waals surface area contributed by atoms with E-state index in [0.717, 1.165) is 16.0 Å². The van der Waals surface area contributed by atoms with E-state index >= 15 is 0 Å². The summed E-state index contributed by atoms with van der Waals surface area (Å²) in [5.41, 5.74) is 9.03. The Morgan fingerprint density at radius 1 is 1.57 bits per heavy atom. The van der Waals surface area contributed by atoms with Crippen molar-refractivity contribution >= 4 is 26.7 Å². The third-order valence-corrected chi connectivity index (χ3v) is 2.63. The minimum absolute atomic E-state index is 0.427. The quantitative estimate of drug-likeness (QED) is 0.430. The Labute approximate surface area is 83.6 Å². The number of azide groups is 1. The predicted octanol–water partition coefficient (Wildman–Crippen LogP) is 3.25. The van der Waals surface area contributed by atoms with Gasteiger partial charge in [-0.1, -0.05) is 0 Å². The SMILES string of the molecule is COc1ccc2sc(N=[N+]=[N-])nc2c1. The van der Waals surface area contributed by atoms with Gasteiger partial charge in [-0.25, -0.2) is 4.98 Å². The Morgan fingerprint density at radius 3 is 3.14 bits per heavy atom. The van der Waals surface area contributed by atoms with Crippen LogP contribution < -0.4 is 4.74 Å². The maximum absolute atomic E-state index is 8.25. The molecule has 70 valence electrons. The number of methoxy groups -OCH3 is 1. The monoisotopic (exact) mass is 206 g/mol. The third kappa shape index (κ3) is 1.48. The molecular formula is C8H6N4OS. The first-order chi connectivity index (χ1) is 6.83. The molecule has 0 aliphatic carbocycles. The summed E-state index contributed by atoms with van der Waals surface area (Å²) in [5, 5.41) is 3.87. The van der Waals surface area contributed by atoms with Crippen molar-refractivity contribution in [2.75, 3.05) is 7.11 Å². The number of rotatable bonds is 2. The van der Waals surface area contributed by atoms with Crippen LogP contribution >= 0.6 is 11.3 Å². The van der Waals surface area contributed by atoms with Crippen LogP contribution in [0, 0.1) is 0 Å². The molecule has 0 N–H and O–H groups in total. The van der Waals surface area contributed by atoms with Gasteiger partial charge < -0.3 is 4.74 Å². The van der Waals surface area contributed by atoms with Crippen molar-refractivity contribution in [1.82, 2.24) is 4.98 Å². The van der Waals surface area contributed by atoms with E-state index < -0.39 is 0 Å². The van der Waals surface area contributed by atoms with Crippen molar-refractivity contribution in [3.8, 4) is 5.75 Å². The molecule has 0 radical (unpaired) electrons. The van der Waals surface area contributed by atoms with Gasteiger partial charge in [0.2, 0.25) is 0 Å². The summed E-state index contributed by atoms with van der Waals surface area (Å²) in [6, 6.07) is 5.55. The molecule has 0 atom stereocenters. The molecule has 0 unspecified atom stereocenters. The summed E-state index contributed by atoms with van der Waals surface area (Å²) in [4.78, 5) is 6.81. The second-order valence-corrected chi connectivity index (χ2v) is 3.53. The van der Waals surface area contributed by atoms with Gasteiger partial charge >= 0.3 is 0 Å². The fourth-order valence-corrected chi connectivity index (χ4v) is 1.87. The van der Waals surface area contributed by atoms with Crippen molar-refractivity contribution in [3.63, 3.8) is 0 Å². The van der Waals surface area contributed by atoms with E-state index in [1.807, 2.05) is 18.2 Å². The van der Waals surface area contributed by atoms with Gasteiger partial charge in [0.1, 0.15) is 5.75 Å². The van der Waals surface area contributed by atoms with E-state index in [1.165, 1.54) is 11.3 Å². The summed E-state index contributed by atoms with van der Waals surface area (Å²) >= 11 is 1.35.